The molecule has 0 spiro atoms. The fourth-order valence-electron chi connectivity index (χ4n) is 2.80. The number of aromatic nitrogens is 2. The number of ketones is 1. The van der Waals surface area contributed by atoms with Gasteiger partial charge in [-0.1, -0.05) is 19.8 Å². The Kier molecular flexibility index (Phi) is 4.22. The number of nitrogens with two attached hydrogens (primary N) is 1. The first-order chi connectivity index (χ1) is 8.64. The highest BCUT2D eigenvalue weighted by atomic mass is 79.9. The van der Waals surface area contributed by atoms with Crippen LogP contribution in [0.1, 0.15) is 49.5 Å². The maximum absolute atomic E-state index is 12.8. The molecule has 1 aliphatic rings. The standard InChI is InChI=1S/C13H20BrN3O/c1-2-7-17-11(10(14)8-16-17)12(18)13(9-15)5-3-4-6-13/h8H,2-7,9,15H2,1H3. The monoisotopic (exact) mass is 313 g/mol. The highest BCUT2D eigenvalue weighted by Gasteiger charge is 2.42. The molecule has 1 saturated carbocycles. The zero-order valence-corrected chi connectivity index (χ0v) is 12.4. The van der Waals surface area contributed by atoms with Gasteiger partial charge < -0.3 is 5.73 Å². The van der Waals surface area contributed by atoms with Gasteiger partial charge in [0.05, 0.1) is 10.7 Å². The van der Waals surface area contributed by atoms with Crippen LogP contribution in [-0.2, 0) is 6.54 Å². The molecule has 1 aromatic heterocycles. The van der Waals surface area contributed by atoms with Gasteiger partial charge in [-0.3, -0.25) is 9.48 Å². The lowest BCUT2D eigenvalue weighted by Gasteiger charge is -2.25. The van der Waals surface area contributed by atoms with E-state index in [1.54, 1.807) is 6.20 Å². The second kappa shape index (κ2) is 5.53. The van der Waals surface area contributed by atoms with Gasteiger partial charge in [0.25, 0.3) is 0 Å². The molecular weight excluding hydrogens is 294 g/mol. The highest BCUT2D eigenvalue weighted by molar-refractivity contribution is 9.10. The second-order valence-corrected chi connectivity index (χ2v) is 5.94. The lowest BCUT2D eigenvalue weighted by atomic mass is 9.80. The molecule has 0 radical (unpaired) electrons. The van der Waals surface area contributed by atoms with Crippen LogP contribution in [0.3, 0.4) is 0 Å². The molecule has 100 valence electrons. The van der Waals surface area contributed by atoms with Crippen LogP contribution in [0.5, 0.6) is 0 Å². The third-order valence-corrected chi connectivity index (χ3v) is 4.46. The molecule has 0 saturated heterocycles. The first-order valence-corrected chi connectivity index (χ1v) is 7.40. The maximum atomic E-state index is 12.8. The number of rotatable bonds is 5. The molecule has 1 aromatic rings. The molecule has 4 nitrogen and oxygen atoms in total. The Morgan fingerprint density at radius 2 is 2.22 bits per heavy atom. The van der Waals surface area contributed by atoms with Gasteiger partial charge in [0.15, 0.2) is 5.78 Å². The van der Waals surface area contributed by atoms with Crippen LogP contribution in [0, 0.1) is 5.41 Å². The lowest BCUT2D eigenvalue weighted by Crippen LogP contribution is -2.37. The summed E-state index contributed by atoms with van der Waals surface area (Å²) >= 11 is 3.44. The predicted molar refractivity (Wildman–Crippen MR) is 74.5 cm³/mol. The van der Waals surface area contributed by atoms with Crippen molar-refractivity contribution in [3.8, 4) is 0 Å². The van der Waals surface area contributed by atoms with Crippen LogP contribution in [-0.4, -0.2) is 22.1 Å². The van der Waals surface area contributed by atoms with E-state index in [0.717, 1.165) is 43.1 Å². The van der Waals surface area contributed by atoms with Crippen LogP contribution < -0.4 is 5.73 Å². The first-order valence-electron chi connectivity index (χ1n) is 6.61. The zero-order valence-electron chi connectivity index (χ0n) is 10.8. The molecule has 0 aromatic carbocycles. The van der Waals surface area contributed by atoms with E-state index in [0.29, 0.717) is 12.2 Å². The first kappa shape index (κ1) is 13.7. The normalized spacial score (nSPS) is 18.2. The highest BCUT2D eigenvalue weighted by Crippen LogP contribution is 2.41. The van der Waals surface area contributed by atoms with Crippen LogP contribution >= 0.6 is 15.9 Å². The van der Waals surface area contributed by atoms with E-state index >= 15 is 0 Å². The Labute approximate surface area is 116 Å². The summed E-state index contributed by atoms with van der Waals surface area (Å²) in [4.78, 5) is 12.8. The van der Waals surface area contributed by atoms with Gasteiger partial charge >= 0.3 is 0 Å². The second-order valence-electron chi connectivity index (χ2n) is 5.08. The summed E-state index contributed by atoms with van der Waals surface area (Å²) < 4.78 is 2.60. The van der Waals surface area contributed by atoms with Crippen molar-refractivity contribution in [1.29, 1.82) is 0 Å². The molecule has 0 atom stereocenters. The van der Waals surface area contributed by atoms with E-state index in [1.807, 2.05) is 4.68 Å². The van der Waals surface area contributed by atoms with Gasteiger partial charge in [-0.2, -0.15) is 5.10 Å². The minimum absolute atomic E-state index is 0.167. The molecule has 18 heavy (non-hydrogen) atoms. The van der Waals surface area contributed by atoms with Crippen LogP contribution in [0.4, 0.5) is 0 Å². The van der Waals surface area contributed by atoms with Gasteiger partial charge in [0.2, 0.25) is 0 Å². The fraction of sp³-hybridized carbons (Fsp3) is 0.692. The number of aryl methyl sites for hydroxylation is 1. The Morgan fingerprint density at radius 3 is 2.78 bits per heavy atom. The van der Waals surface area contributed by atoms with Crippen molar-refractivity contribution in [3.63, 3.8) is 0 Å². The van der Waals surface area contributed by atoms with Gasteiger partial charge in [-0.25, -0.2) is 0 Å². The molecule has 0 amide bonds. The maximum Gasteiger partial charge on any atom is 0.189 e. The summed E-state index contributed by atoms with van der Waals surface area (Å²) in [6, 6.07) is 0. The Bertz CT molecular complexity index is 435. The average Bonchev–Trinajstić information content (AvgIpc) is 2.97. The van der Waals surface area contributed by atoms with Gasteiger partial charge in [0.1, 0.15) is 5.69 Å². The molecule has 1 aliphatic carbocycles. The SMILES string of the molecule is CCCn1ncc(Br)c1C(=O)C1(CN)CCCC1. The molecule has 5 heteroatoms. The summed E-state index contributed by atoms with van der Waals surface area (Å²) in [6.45, 7) is 3.29. The van der Waals surface area contributed by atoms with Crippen molar-refractivity contribution >= 4 is 21.7 Å². The topological polar surface area (TPSA) is 60.9 Å². The molecule has 1 fully saturated rings. The Balaban J connectivity index is 2.35. The predicted octanol–water partition coefficient (Wildman–Crippen LogP) is 2.76. The minimum atomic E-state index is -0.353. The van der Waals surface area contributed by atoms with Gasteiger partial charge in [0, 0.05) is 18.5 Å². The molecule has 0 aliphatic heterocycles. The number of halogens is 1. The summed E-state index contributed by atoms with van der Waals surface area (Å²) in [5, 5.41) is 4.27. The largest absolute Gasteiger partial charge is 0.329 e. The van der Waals surface area contributed by atoms with E-state index in [9.17, 15) is 4.79 Å². The number of nitrogens with zero attached hydrogens (tertiary/aromatic N) is 2. The average molecular weight is 314 g/mol. The van der Waals surface area contributed by atoms with Crippen molar-refractivity contribution < 1.29 is 4.79 Å². The number of carbonyl (C=O) groups is 1. The summed E-state index contributed by atoms with van der Waals surface area (Å²) in [7, 11) is 0. The molecule has 2 rings (SSSR count). The number of carbonyl (C=O) groups excluding carboxylic acids is 1. The number of hydrogen-bond acceptors (Lipinski definition) is 3. The number of Topliss-reactive ketones (excluding diaryl/α,β-unsaturated/α-hetero) is 1. The third-order valence-electron chi connectivity index (χ3n) is 3.88. The molecule has 0 bridgehead atoms. The Morgan fingerprint density at radius 1 is 1.56 bits per heavy atom. The van der Waals surface area contributed by atoms with Crippen molar-refractivity contribution in [2.45, 2.75) is 45.6 Å². The third kappa shape index (κ3) is 2.26. The van der Waals surface area contributed by atoms with Crippen LogP contribution in [0.25, 0.3) is 0 Å². The smallest absolute Gasteiger partial charge is 0.189 e. The van der Waals surface area contributed by atoms with Crippen molar-refractivity contribution in [2.24, 2.45) is 11.1 Å². The van der Waals surface area contributed by atoms with Crippen LogP contribution in [0.2, 0.25) is 0 Å². The van der Waals surface area contributed by atoms with E-state index in [4.69, 9.17) is 5.73 Å². The van der Waals surface area contributed by atoms with Crippen molar-refractivity contribution in [2.75, 3.05) is 6.54 Å². The van der Waals surface area contributed by atoms with Gasteiger partial charge in [-0.15, -0.1) is 0 Å². The summed E-state index contributed by atoms with van der Waals surface area (Å²) in [5.74, 6) is 0.167. The lowest BCUT2D eigenvalue weighted by molar-refractivity contribution is 0.0796. The molecule has 0 unspecified atom stereocenters. The van der Waals surface area contributed by atoms with Crippen LogP contribution in [0.15, 0.2) is 10.7 Å². The van der Waals surface area contributed by atoms with E-state index < -0.39 is 0 Å². The minimum Gasteiger partial charge on any atom is -0.329 e. The zero-order chi connectivity index (χ0) is 13.2. The summed E-state index contributed by atoms with van der Waals surface area (Å²) in [6.07, 6.45) is 6.69. The fourth-order valence-corrected chi connectivity index (χ4v) is 3.27. The quantitative estimate of drug-likeness (QED) is 0.850. The van der Waals surface area contributed by atoms with E-state index in [1.165, 1.54) is 0 Å². The molecule has 2 N–H and O–H groups in total. The number of hydrogen-bond donors (Lipinski definition) is 1. The van der Waals surface area contributed by atoms with E-state index in [-0.39, 0.29) is 11.2 Å². The van der Waals surface area contributed by atoms with Gasteiger partial charge in [-0.05, 0) is 35.2 Å². The summed E-state index contributed by atoms with van der Waals surface area (Å²) in [5.41, 5.74) is 6.23. The molecule has 1 heterocycles. The van der Waals surface area contributed by atoms with Crippen molar-refractivity contribution in [3.05, 3.63) is 16.4 Å². The van der Waals surface area contributed by atoms with Crippen molar-refractivity contribution in [1.82, 2.24) is 9.78 Å². The molecular formula is C13H20BrN3O. The Hall–Kier alpha value is -0.680. The van der Waals surface area contributed by atoms with E-state index in [2.05, 4.69) is 28.0 Å².